The second kappa shape index (κ2) is 6.44. The standard InChI is InChI=1S/C16H28N2O2/c1-2-14-16(19)18(11-13-9-5-6-10-20-13)15(17-14)12-7-3-4-8-12/h12-15,17H,2-11H2,1H3. The predicted molar refractivity (Wildman–Crippen MR) is 78.3 cm³/mol. The third kappa shape index (κ3) is 2.86. The van der Waals surface area contributed by atoms with Crippen LogP contribution < -0.4 is 5.32 Å². The van der Waals surface area contributed by atoms with Crippen LogP contribution in [0.15, 0.2) is 0 Å². The lowest BCUT2D eigenvalue weighted by molar-refractivity contribution is -0.133. The van der Waals surface area contributed by atoms with Crippen molar-refractivity contribution < 1.29 is 9.53 Å². The Morgan fingerprint density at radius 1 is 1.20 bits per heavy atom. The lowest BCUT2D eigenvalue weighted by Gasteiger charge is -2.33. The van der Waals surface area contributed by atoms with E-state index in [1.165, 1.54) is 38.5 Å². The Hall–Kier alpha value is -0.610. The highest BCUT2D eigenvalue weighted by molar-refractivity contribution is 5.84. The molecular formula is C16H28N2O2. The molecule has 1 amide bonds. The zero-order chi connectivity index (χ0) is 13.9. The summed E-state index contributed by atoms with van der Waals surface area (Å²) in [7, 11) is 0. The summed E-state index contributed by atoms with van der Waals surface area (Å²) in [6.07, 6.45) is 10.1. The van der Waals surface area contributed by atoms with Crippen molar-refractivity contribution in [3.8, 4) is 0 Å². The van der Waals surface area contributed by atoms with Gasteiger partial charge < -0.3 is 9.64 Å². The van der Waals surface area contributed by atoms with Crippen molar-refractivity contribution >= 4 is 5.91 Å². The smallest absolute Gasteiger partial charge is 0.241 e. The minimum atomic E-state index is 0.0317. The predicted octanol–water partition coefficient (Wildman–Crippen LogP) is 2.28. The van der Waals surface area contributed by atoms with Gasteiger partial charge in [0.05, 0.1) is 18.3 Å². The maximum absolute atomic E-state index is 12.6. The normalized spacial score (nSPS) is 36.0. The Morgan fingerprint density at radius 3 is 2.60 bits per heavy atom. The lowest BCUT2D eigenvalue weighted by Crippen LogP contribution is -2.46. The van der Waals surface area contributed by atoms with Gasteiger partial charge in [-0.25, -0.2) is 0 Å². The van der Waals surface area contributed by atoms with Crippen LogP contribution in [-0.4, -0.2) is 42.3 Å². The van der Waals surface area contributed by atoms with Crippen molar-refractivity contribution in [2.75, 3.05) is 13.2 Å². The average molecular weight is 280 g/mol. The summed E-state index contributed by atoms with van der Waals surface area (Å²) < 4.78 is 5.85. The topological polar surface area (TPSA) is 41.6 Å². The van der Waals surface area contributed by atoms with Crippen LogP contribution in [0, 0.1) is 5.92 Å². The summed E-state index contributed by atoms with van der Waals surface area (Å²) in [6, 6.07) is 0.0317. The minimum absolute atomic E-state index is 0.0317. The molecule has 0 radical (unpaired) electrons. The largest absolute Gasteiger partial charge is 0.376 e. The molecule has 0 bridgehead atoms. The molecule has 2 heterocycles. The first-order chi connectivity index (χ1) is 9.79. The van der Waals surface area contributed by atoms with E-state index in [0.717, 1.165) is 26.0 Å². The Bertz CT molecular complexity index is 335. The van der Waals surface area contributed by atoms with E-state index < -0.39 is 0 Å². The second-order valence-electron chi connectivity index (χ2n) is 6.60. The molecule has 2 aliphatic heterocycles. The van der Waals surface area contributed by atoms with Crippen molar-refractivity contribution in [3.05, 3.63) is 0 Å². The molecule has 3 atom stereocenters. The van der Waals surface area contributed by atoms with Crippen molar-refractivity contribution in [1.29, 1.82) is 0 Å². The Labute approximate surface area is 122 Å². The van der Waals surface area contributed by atoms with Crippen LogP contribution in [0.4, 0.5) is 0 Å². The monoisotopic (exact) mass is 280 g/mol. The first-order valence-corrected chi connectivity index (χ1v) is 8.47. The summed E-state index contributed by atoms with van der Waals surface area (Å²) in [6.45, 7) is 3.76. The number of nitrogens with zero attached hydrogens (tertiary/aromatic N) is 1. The number of nitrogens with one attached hydrogen (secondary N) is 1. The quantitative estimate of drug-likeness (QED) is 0.859. The number of hydrogen-bond donors (Lipinski definition) is 1. The van der Waals surface area contributed by atoms with Crippen molar-refractivity contribution in [1.82, 2.24) is 10.2 Å². The first-order valence-electron chi connectivity index (χ1n) is 8.47. The Balaban J connectivity index is 1.67. The Morgan fingerprint density at radius 2 is 1.95 bits per heavy atom. The fraction of sp³-hybridized carbons (Fsp3) is 0.938. The summed E-state index contributed by atoms with van der Waals surface area (Å²) in [5.41, 5.74) is 0. The molecule has 0 aromatic carbocycles. The lowest BCUT2D eigenvalue weighted by atomic mass is 10.0. The third-order valence-corrected chi connectivity index (χ3v) is 5.22. The Kier molecular flexibility index (Phi) is 4.61. The molecule has 3 fully saturated rings. The second-order valence-corrected chi connectivity index (χ2v) is 6.60. The van der Waals surface area contributed by atoms with Crippen LogP contribution in [0.2, 0.25) is 0 Å². The highest BCUT2D eigenvalue weighted by Gasteiger charge is 2.43. The van der Waals surface area contributed by atoms with Gasteiger partial charge in [0.15, 0.2) is 0 Å². The summed E-state index contributed by atoms with van der Waals surface area (Å²) in [5, 5.41) is 3.59. The molecule has 0 aromatic rings. The molecule has 0 spiro atoms. The zero-order valence-corrected chi connectivity index (χ0v) is 12.6. The van der Waals surface area contributed by atoms with E-state index in [2.05, 4.69) is 17.1 Å². The number of carbonyl (C=O) groups excluding carboxylic acids is 1. The molecule has 1 saturated carbocycles. The van der Waals surface area contributed by atoms with Crippen molar-refractivity contribution in [2.45, 2.75) is 76.6 Å². The van der Waals surface area contributed by atoms with E-state index in [-0.39, 0.29) is 18.3 Å². The minimum Gasteiger partial charge on any atom is -0.376 e. The summed E-state index contributed by atoms with van der Waals surface area (Å²) >= 11 is 0. The number of hydrogen-bond acceptors (Lipinski definition) is 3. The van der Waals surface area contributed by atoms with Crippen LogP contribution >= 0.6 is 0 Å². The van der Waals surface area contributed by atoms with Crippen LogP contribution in [0.5, 0.6) is 0 Å². The van der Waals surface area contributed by atoms with Gasteiger partial charge in [-0.1, -0.05) is 19.8 Å². The van der Waals surface area contributed by atoms with Gasteiger partial charge >= 0.3 is 0 Å². The van der Waals surface area contributed by atoms with Gasteiger partial charge in [-0.15, -0.1) is 0 Å². The molecule has 1 N–H and O–H groups in total. The van der Waals surface area contributed by atoms with Crippen molar-refractivity contribution in [2.24, 2.45) is 5.92 Å². The van der Waals surface area contributed by atoms with E-state index >= 15 is 0 Å². The molecule has 2 saturated heterocycles. The third-order valence-electron chi connectivity index (χ3n) is 5.22. The van der Waals surface area contributed by atoms with E-state index in [9.17, 15) is 4.79 Å². The molecule has 20 heavy (non-hydrogen) atoms. The zero-order valence-electron chi connectivity index (χ0n) is 12.6. The fourth-order valence-corrected chi connectivity index (χ4v) is 4.04. The molecule has 3 rings (SSSR count). The van der Waals surface area contributed by atoms with Gasteiger partial charge in [0.2, 0.25) is 5.91 Å². The fourth-order valence-electron chi connectivity index (χ4n) is 4.04. The molecular weight excluding hydrogens is 252 g/mol. The van der Waals surface area contributed by atoms with Crippen LogP contribution in [0.3, 0.4) is 0 Å². The number of carbonyl (C=O) groups is 1. The highest BCUT2D eigenvalue weighted by Crippen LogP contribution is 2.33. The average Bonchev–Trinajstić information content (AvgIpc) is 3.10. The van der Waals surface area contributed by atoms with Gasteiger partial charge in [0.1, 0.15) is 0 Å². The van der Waals surface area contributed by atoms with Crippen LogP contribution in [0.1, 0.15) is 58.3 Å². The molecule has 1 aliphatic carbocycles. The van der Waals surface area contributed by atoms with Crippen LogP contribution in [-0.2, 0) is 9.53 Å². The molecule has 3 aliphatic rings. The summed E-state index contributed by atoms with van der Waals surface area (Å²) in [4.78, 5) is 14.7. The number of amides is 1. The maximum atomic E-state index is 12.6. The number of ether oxygens (including phenoxy) is 1. The van der Waals surface area contributed by atoms with Crippen molar-refractivity contribution in [3.63, 3.8) is 0 Å². The molecule has 4 nitrogen and oxygen atoms in total. The highest BCUT2D eigenvalue weighted by atomic mass is 16.5. The molecule has 3 unspecified atom stereocenters. The maximum Gasteiger partial charge on any atom is 0.241 e. The van der Waals surface area contributed by atoms with E-state index in [4.69, 9.17) is 4.74 Å². The number of rotatable bonds is 4. The molecule has 0 aromatic heterocycles. The van der Waals surface area contributed by atoms with Gasteiger partial charge in [-0.3, -0.25) is 10.1 Å². The van der Waals surface area contributed by atoms with E-state index in [0.29, 0.717) is 11.8 Å². The van der Waals surface area contributed by atoms with E-state index in [1.807, 2.05) is 0 Å². The van der Waals surface area contributed by atoms with Gasteiger partial charge in [0, 0.05) is 13.2 Å². The van der Waals surface area contributed by atoms with Gasteiger partial charge in [-0.05, 0) is 44.4 Å². The SMILES string of the molecule is CCC1NC(C2CCCC2)N(CC2CCCCO2)C1=O. The molecule has 114 valence electrons. The first kappa shape index (κ1) is 14.3. The molecule has 4 heteroatoms. The van der Waals surface area contributed by atoms with Crippen LogP contribution in [0.25, 0.3) is 0 Å². The van der Waals surface area contributed by atoms with E-state index in [1.54, 1.807) is 0 Å². The van der Waals surface area contributed by atoms with Gasteiger partial charge in [-0.2, -0.15) is 0 Å². The van der Waals surface area contributed by atoms with Gasteiger partial charge in [0.25, 0.3) is 0 Å². The summed E-state index contributed by atoms with van der Waals surface area (Å²) in [5.74, 6) is 0.956.